The molecule has 2 rings (SSSR count). The van der Waals surface area contributed by atoms with Crippen molar-refractivity contribution in [1.82, 2.24) is 0 Å². The second-order valence-electron chi connectivity index (χ2n) is 9.39. The van der Waals surface area contributed by atoms with Crippen LogP contribution in [0.5, 0.6) is 11.5 Å². The highest BCUT2D eigenvalue weighted by Gasteiger charge is 2.28. The lowest BCUT2D eigenvalue weighted by Gasteiger charge is -2.30. The van der Waals surface area contributed by atoms with E-state index in [9.17, 15) is 0 Å². The molecule has 0 aliphatic heterocycles. The fraction of sp³-hybridized carbons (Fsp3) is 0.500. The minimum atomic E-state index is 0.200. The van der Waals surface area contributed by atoms with E-state index in [1.807, 2.05) is 6.07 Å². The Labute approximate surface area is 165 Å². The number of aryl methyl sites for hydroxylation is 1. The van der Waals surface area contributed by atoms with Gasteiger partial charge in [-0.15, -0.1) is 0 Å². The van der Waals surface area contributed by atoms with Gasteiger partial charge < -0.3 is 14.8 Å². The van der Waals surface area contributed by atoms with E-state index in [2.05, 4.69) is 83.3 Å². The number of quaternary nitrogens is 1. The minimum Gasteiger partial charge on any atom is -0.493 e. The molecular weight excluding hydrogens is 334 g/mol. The summed E-state index contributed by atoms with van der Waals surface area (Å²) >= 11 is 0. The average molecular weight is 371 g/mol. The molecule has 0 aliphatic carbocycles. The molecule has 0 heterocycles. The molecule has 0 fully saturated rings. The maximum atomic E-state index is 5.99. The molecule has 0 aliphatic rings. The number of nitrogens with two attached hydrogens (primary N) is 1. The third-order valence-corrected chi connectivity index (χ3v) is 4.62. The van der Waals surface area contributed by atoms with Gasteiger partial charge in [-0.3, -0.25) is 0 Å². The highest BCUT2D eigenvalue weighted by atomic mass is 16.5. The van der Waals surface area contributed by atoms with Crippen molar-refractivity contribution in [2.24, 2.45) is 5.41 Å². The molecule has 0 unspecified atom stereocenters. The maximum Gasteiger partial charge on any atom is 0.161 e. The first-order chi connectivity index (χ1) is 12.6. The fourth-order valence-corrected chi connectivity index (χ4v) is 3.64. The summed E-state index contributed by atoms with van der Waals surface area (Å²) in [5.74, 6) is 1.58. The van der Waals surface area contributed by atoms with Crippen molar-refractivity contribution in [1.29, 1.82) is 0 Å². The molecule has 2 aromatic rings. The zero-order valence-electron chi connectivity index (χ0n) is 18.1. The zero-order valence-corrected chi connectivity index (χ0v) is 18.1. The van der Waals surface area contributed by atoms with E-state index in [0.29, 0.717) is 12.0 Å². The maximum absolute atomic E-state index is 5.99. The van der Waals surface area contributed by atoms with Crippen LogP contribution in [0.4, 0.5) is 0 Å². The van der Waals surface area contributed by atoms with Crippen LogP contribution in [-0.2, 0) is 13.2 Å². The first-order valence-electron chi connectivity index (χ1n) is 9.78. The van der Waals surface area contributed by atoms with Crippen LogP contribution >= 0.6 is 0 Å². The van der Waals surface area contributed by atoms with Gasteiger partial charge in [0.2, 0.25) is 0 Å². The second-order valence-corrected chi connectivity index (χ2v) is 9.39. The summed E-state index contributed by atoms with van der Waals surface area (Å²) in [5.41, 5.74) is 4.18. The van der Waals surface area contributed by atoms with E-state index >= 15 is 0 Å². The number of hydrogen-bond donors (Lipinski definition) is 1. The van der Waals surface area contributed by atoms with E-state index in [-0.39, 0.29) is 5.54 Å². The van der Waals surface area contributed by atoms with Crippen molar-refractivity contribution in [3.8, 4) is 11.5 Å². The van der Waals surface area contributed by atoms with Crippen molar-refractivity contribution in [2.75, 3.05) is 7.11 Å². The Hall–Kier alpha value is -2.00. The highest BCUT2D eigenvalue weighted by molar-refractivity contribution is 5.43. The molecular formula is C24H36NO2+. The predicted molar refractivity (Wildman–Crippen MR) is 112 cm³/mol. The summed E-state index contributed by atoms with van der Waals surface area (Å²) in [6, 6.07) is 14.7. The van der Waals surface area contributed by atoms with E-state index in [0.717, 1.165) is 30.0 Å². The van der Waals surface area contributed by atoms with Crippen LogP contribution in [0, 0.1) is 12.3 Å². The lowest BCUT2D eigenvalue weighted by atomic mass is 9.82. The SMILES string of the molecule is COc1cc(C[NH2+]C(C)(C)CC(C)(C)C)ccc1OCc1ccc(C)cc1. The summed E-state index contributed by atoms with van der Waals surface area (Å²) in [7, 11) is 1.70. The van der Waals surface area contributed by atoms with Crippen LogP contribution in [0.15, 0.2) is 42.5 Å². The summed E-state index contributed by atoms with van der Waals surface area (Å²) in [6.07, 6.45) is 1.16. The van der Waals surface area contributed by atoms with Crippen LogP contribution in [0.25, 0.3) is 0 Å². The summed E-state index contributed by atoms with van der Waals surface area (Å²) < 4.78 is 11.6. The van der Waals surface area contributed by atoms with E-state index in [1.165, 1.54) is 11.1 Å². The molecule has 27 heavy (non-hydrogen) atoms. The Morgan fingerprint density at radius 1 is 0.852 bits per heavy atom. The summed E-state index contributed by atoms with van der Waals surface area (Å²) in [6.45, 7) is 15.1. The van der Waals surface area contributed by atoms with Gasteiger partial charge in [0, 0.05) is 12.0 Å². The lowest BCUT2D eigenvalue weighted by molar-refractivity contribution is -0.737. The zero-order chi connectivity index (χ0) is 20.1. The Morgan fingerprint density at radius 3 is 2.07 bits per heavy atom. The van der Waals surface area contributed by atoms with Crippen molar-refractivity contribution >= 4 is 0 Å². The molecule has 0 radical (unpaired) electrons. The van der Waals surface area contributed by atoms with Crippen LogP contribution in [0.3, 0.4) is 0 Å². The second kappa shape index (κ2) is 8.79. The third kappa shape index (κ3) is 7.26. The third-order valence-electron chi connectivity index (χ3n) is 4.62. The fourth-order valence-electron chi connectivity index (χ4n) is 3.64. The number of hydrogen-bond acceptors (Lipinski definition) is 2. The molecule has 2 aromatic carbocycles. The Morgan fingerprint density at radius 2 is 1.48 bits per heavy atom. The van der Waals surface area contributed by atoms with E-state index < -0.39 is 0 Å². The number of methoxy groups -OCH3 is 1. The standard InChI is InChI=1S/C24H35NO2/c1-18-8-10-19(11-9-18)16-27-21-13-12-20(14-22(21)26-7)15-25-24(5,6)17-23(2,3)4/h8-14,25H,15-17H2,1-7H3/p+1. The first kappa shape index (κ1) is 21.3. The Balaban J connectivity index is 1.99. The van der Waals surface area contributed by atoms with Gasteiger partial charge in [-0.05, 0) is 49.9 Å². The van der Waals surface area contributed by atoms with Crippen molar-refractivity contribution in [3.05, 3.63) is 59.2 Å². The smallest absolute Gasteiger partial charge is 0.161 e. The van der Waals surface area contributed by atoms with Crippen LogP contribution in [0.2, 0.25) is 0 Å². The predicted octanol–water partition coefficient (Wildman–Crippen LogP) is 4.86. The van der Waals surface area contributed by atoms with Gasteiger partial charge in [0.15, 0.2) is 11.5 Å². The van der Waals surface area contributed by atoms with E-state index in [1.54, 1.807) is 7.11 Å². The molecule has 0 atom stereocenters. The monoisotopic (exact) mass is 370 g/mol. The molecule has 0 saturated carbocycles. The highest BCUT2D eigenvalue weighted by Crippen LogP contribution is 2.29. The van der Waals surface area contributed by atoms with Gasteiger partial charge in [0.1, 0.15) is 13.2 Å². The van der Waals surface area contributed by atoms with Crippen LogP contribution < -0.4 is 14.8 Å². The molecule has 0 aromatic heterocycles. The number of benzene rings is 2. The van der Waals surface area contributed by atoms with Crippen molar-refractivity contribution in [2.45, 2.75) is 66.7 Å². The van der Waals surface area contributed by atoms with E-state index in [4.69, 9.17) is 9.47 Å². The largest absolute Gasteiger partial charge is 0.493 e. The average Bonchev–Trinajstić information content (AvgIpc) is 2.58. The Bertz CT molecular complexity index is 727. The van der Waals surface area contributed by atoms with Gasteiger partial charge >= 0.3 is 0 Å². The molecule has 2 N–H and O–H groups in total. The summed E-state index contributed by atoms with van der Waals surface area (Å²) in [4.78, 5) is 0. The van der Waals surface area contributed by atoms with Crippen LogP contribution in [-0.4, -0.2) is 12.6 Å². The molecule has 0 spiro atoms. The van der Waals surface area contributed by atoms with Crippen LogP contribution in [0.1, 0.15) is 57.7 Å². The first-order valence-corrected chi connectivity index (χ1v) is 9.78. The minimum absolute atomic E-state index is 0.200. The molecule has 3 heteroatoms. The van der Waals surface area contributed by atoms with Crippen molar-refractivity contribution < 1.29 is 14.8 Å². The molecule has 3 nitrogen and oxygen atoms in total. The molecule has 0 saturated heterocycles. The van der Waals surface area contributed by atoms with Gasteiger partial charge in [-0.2, -0.15) is 0 Å². The normalized spacial score (nSPS) is 12.1. The van der Waals surface area contributed by atoms with Gasteiger partial charge in [-0.1, -0.05) is 50.6 Å². The molecule has 148 valence electrons. The summed E-state index contributed by atoms with van der Waals surface area (Å²) in [5, 5.41) is 2.42. The molecule has 0 bridgehead atoms. The Kier molecular flexibility index (Phi) is 6.94. The lowest BCUT2D eigenvalue weighted by Crippen LogP contribution is -2.94. The number of rotatable bonds is 8. The van der Waals surface area contributed by atoms with Crippen molar-refractivity contribution in [3.63, 3.8) is 0 Å². The van der Waals surface area contributed by atoms with Gasteiger partial charge in [-0.25, -0.2) is 0 Å². The quantitative estimate of drug-likeness (QED) is 0.720. The molecule has 0 amide bonds. The number of ether oxygens (including phenoxy) is 2. The van der Waals surface area contributed by atoms with Gasteiger partial charge in [0.25, 0.3) is 0 Å². The topological polar surface area (TPSA) is 35.1 Å². The van der Waals surface area contributed by atoms with Gasteiger partial charge in [0.05, 0.1) is 12.6 Å².